The van der Waals surface area contributed by atoms with Crippen molar-refractivity contribution >= 4 is 6.03 Å². The summed E-state index contributed by atoms with van der Waals surface area (Å²) >= 11 is 0. The van der Waals surface area contributed by atoms with E-state index in [2.05, 4.69) is 17.1 Å². The van der Waals surface area contributed by atoms with E-state index in [0.717, 1.165) is 19.0 Å². The molecular formula is C18H35N3O. The van der Waals surface area contributed by atoms with Crippen LogP contribution in [0.5, 0.6) is 0 Å². The van der Waals surface area contributed by atoms with E-state index in [0.29, 0.717) is 6.04 Å². The summed E-state index contributed by atoms with van der Waals surface area (Å²) in [6.07, 6.45) is 11.5. The molecule has 1 saturated carbocycles. The van der Waals surface area contributed by atoms with E-state index < -0.39 is 0 Å². The van der Waals surface area contributed by atoms with E-state index in [1.54, 1.807) is 0 Å². The van der Waals surface area contributed by atoms with E-state index in [1.807, 2.05) is 11.9 Å². The molecule has 4 heteroatoms. The van der Waals surface area contributed by atoms with Gasteiger partial charge in [0.15, 0.2) is 0 Å². The first-order valence-corrected chi connectivity index (χ1v) is 9.40. The standard InChI is InChI=1S/C18H35N3O/c1-16-10-13-21(14-11-16)15-12-19-18(22)20(2)17-8-6-4-3-5-7-9-17/h16-17H,3-15H2,1-2H3,(H,19,22). The van der Waals surface area contributed by atoms with Crippen molar-refractivity contribution in [3.8, 4) is 0 Å². The molecule has 0 spiro atoms. The van der Waals surface area contributed by atoms with E-state index in [9.17, 15) is 4.79 Å². The van der Waals surface area contributed by atoms with Gasteiger partial charge in [0.2, 0.25) is 0 Å². The Morgan fingerprint density at radius 1 is 1.05 bits per heavy atom. The number of piperidine rings is 1. The van der Waals surface area contributed by atoms with Gasteiger partial charge < -0.3 is 15.1 Å². The number of amides is 2. The third-order valence-electron chi connectivity index (χ3n) is 5.52. The van der Waals surface area contributed by atoms with E-state index >= 15 is 0 Å². The fourth-order valence-electron chi connectivity index (χ4n) is 3.72. The van der Waals surface area contributed by atoms with Gasteiger partial charge in [0.05, 0.1) is 0 Å². The number of carbonyl (C=O) groups excluding carboxylic acids is 1. The Hall–Kier alpha value is -0.770. The summed E-state index contributed by atoms with van der Waals surface area (Å²) in [4.78, 5) is 16.8. The molecule has 2 rings (SSSR count). The molecule has 1 N–H and O–H groups in total. The first kappa shape index (κ1) is 17.6. The number of likely N-dealkylation sites (tertiary alicyclic amines) is 1. The molecule has 1 saturated heterocycles. The molecule has 0 bridgehead atoms. The van der Waals surface area contributed by atoms with E-state index in [-0.39, 0.29) is 6.03 Å². The second kappa shape index (κ2) is 9.39. The molecule has 128 valence electrons. The Balaban J connectivity index is 1.65. The molecule has 4 nitrogen and oxygen atoms in total. The Morgan fingerprint density at radius 3 is 2.27 bits per heavy atom. The van der Waals surface area contributed by atoms with Gasteiger partial charge in [-0.15, -0.1) is 0 Å². The monoisotopic (exact) mass is 309 g/mol. The smallest absolute Gasteiger partial charge is 0.317 e. The summed E-state index contributed by atoms with van der Waals surface area (Å²) in [5.41, 5.74) is 0. The number of nitrogens with one attached hydrogen (secondary N) is 1. The fraction of sp³-hybridized carbons (Fsp3) is 0.944. The van der Waals surface area contributed by atoms with Crippen molar-refractivity contribution in [1.29, 1.82) is 0 Å². The maximum absolute atomic E-state index is 12.3. The van der Waals surface area contributed by atoms with Crippen LogP contribution in [0.2, 0.25) is 0 Å². The summed E-state index contributed by atoms with van der Waals surface area (Å²) in [6, 6.07) is 0.562. The molecule has 2 amide bonds. The highest BCUT2D eigenvalue weighted by Gasteiger charge is 2.21. The molecule has 0 aromatic carbocycles. The van der Waals surface area contributed by atoms with Crippen LogP contribution in [0.15, 0.2) is 0 Å². The lowest BCUT2D eigenvalue weighted by Gasteiger charge is -2.32. The minimum Gasteiger partial charge on any atom is -0.337 e. The van der Waals surface area contributed by atoms with Crippen molar-refractivity contribution in [3.63, 3.8) is 0 Å². The van der Waals surface area contributed by atoms with E-state index in [1.165, 1.54) is 70.9 Å². The van der Waals surface area contributed by atoms with Crippen molar-refractivity contribution in [1.82, 2.24) is 15.1 Å². The summed E-state index contributed by atoms with van der Waals surface area (Å²) in [5, 5.41) is 3.12. The van der Waals surface area contributed by atoms with Crippen LogP contribution in [-0.4, -0.2) is 55.1 Å². The van der Waals surface area contributed by atoms with Gasteiger partial charge in [-0.05, 0) is 44.7 Å². The zero-order valence-corrected chi connectivity index (χ0v) is 14.6. The summed E-state index contributed by atoms with van der Waals surface area (Å²) in [5.74, 6) is 0.872. The van der Waals surface area contributed by atoms with Gasteiger partial charge in [-0.3, -0.25) is 0 Å². The van der Waals surface area contributed by atoms with Crippen molar-refractivity contribution in [2.24, 2.45) is 5.92 Å². The van der Waals surface area contributed by atoms with Gasteiger partial charge in [-0.1, -0.05) is 39.0 Å². The molecule has 0 unspecified atom stereocenters. The Labute approximate surface area is 136 Å². The van der Waals surface area contributed by atoms with Crippen LogP contribution in [0, 0.1) is 5.92 Å². The molecule has 0 radical (unpaired) electrons. The van der Waals surface area contributed by atoms with Crippen LogP contribution in [-0.2, 0) is 0 Å². The van der Waals surface area contributed by atoms with Crippen LogP contribution in [0.25, 0.3) is 0 Å². The summed E-state index contributed by atoms with van der Waals surface area (Å²) in [7, 11) is 1.98. The van der Waals surface area contributed by atoms with Crippen LogP contribution in [0.3, 0.4) is 0 Å². The third-order valence-corrected chi connectivity index (χ3v) is 5.52. The highest BCUT2D eigenvalue weighted by atomic mass is 16.2. The highest BCUT2D eigenvalue weighted by molar-refractivity contribution is 5.74. The number of hydrogen-bond donors (Lipinski definition) is 1. The number of carbonyl (C=O) groups is 1. The minimum atomic E-state index is 0.121. The predicted octanol–water partition coefficient (Wildman–Crippen LogP) is 3.47. The quantitative estimate of drug-likeness (QED) is 0.863. The lowest BCUT2D eigenvalue weighted by Crippen LogP contribution is -2.46. The zero-order valence-electron chi connectivity index (χ0n) is 14.6. The maximum Gasteiger partial charge on any atom is 0.317 e. The summed E-state index contributed by atoms with van der Waals surface area (Å²) < 4.78 is 0. The van der Waals surface area contributed by atoms with Crippen LogP contribution in [0.4, 0.5) is 4.79 Å². The Morgan fingerprint density at radius 2 is 1.64 bits per heavy atom. The van der Waals surface area contributed by atoms with Crippen LogP contribution in [0.1, 0.15) is 64.7 Å². The number of urea groups is 1. The molecule has 2 fully saturated rings. The highest BCUT2D eigenvalue weighted by Crippen LogP contribution is 2.20. The van der Waals surface area contributed by atoms with Crippen LogP contribution < -0.4 is 5.32 Å². The Kier molecular flexibility index (Phi) is 7.50. The molecule has 1 heterocycles. The number of nitrogens with zero attached hydrogens (tertiary/aromatic N) is 2. The normalized spacial score (nSPS) is 22.8. The average molecular weight is 309 g/mol. The lowest BCUT2D eigenvalue weighted by atomic mass is 9.96. The SMILES string of the molecule is CC1CCN(CCNC(=O)N(C)C2CCCCCCC2)CC1. The maximum atomic E-state index is 12.3. The second-order valence-electron chi connectivity index (χ2n) is 7.37. The first-order valence-electron chi connectivity index (χ1n) is 9.40. The van der Waals surface area contributed by atoms with Crippen molar-refractivity contribution < 1.29 is 4.79 Å². The molecular weight excluding hydrogens is 274 g/mol. The van der Waals surface area contributed by atoms with Crippen molar-refractivity contribution in [2.45, 2.75) is 70.8 Å². The van der Waals surface area contributed by atoms with Gasteiger partial charge >= 0.3 is 6.03 Å². The average Bonchev–Trinajstić information content (AvgIpc) is 2.48. The van der Waals surface area contributed by atoms with Gasteiger partial charge in [-0.25, -0.2) is 4.79 Å². The largest absolute Gasteiger partial charge is 0.337 e. The zero-order chi connectivity index (χ0) is 15.8. The molecule has 22 heavy (non-hydrogen) atoms. The predicted molar refractivity (Wildman–Crippen MR) is 92.1 cm³/mol. The molecule has 2 aliphatic rings. The minimum absolute atomic E-state index is 0.121. The van der Waals surface area contributed by atoms with Crippen molar-refractivity contribution in [3.05, 3.63) is 0 Å². The molecule has 0 aromatic heterocycles. The van der Waals surface area contributed by atoms with Gasteiger partial charge in [0.1, 0.15) is 0 Å². The third kappa shape index (κ3) is 5.79. The lowest BCUT2D eigenvalue weighted by molar-refractivity contribution is 0.170. The number of rotatable bonds is 4. The van der Waals surface area contributed by atoms with Gasteiger partial charge in [0, 0.05) is 26.2 Å². The topological polar surface area (TPSA) is 35.6 Å². The fourth-order valence-corrected chi connectivity index (χ4v) is 3.72. The van der Waals surface area contributed by atoms with Gasteiger partial charge in [0.25, 0.3) is 0 Å². The van der Waals surface area contributed by atoms with Gasteiger partial charge in [-0.2, -0.15) is 0 Å². The molecule has 0 aromatic rings. The number of hydrogen-bond acceptors (Lipinski definition) is 2. The summed E-state index contributed by atoms with van der Waals surface area (Å²) in [6.45, 7) is 6.50. The first-order chi connectivity index (χ1) is 10.7. The Bertz CT molecular complexity index is 318. The molecule has 1 aliphatic carbocycles. The molecule has 0 atom stereocenters. The van der Waals surface area contributed by atoms with Crippen molar-refractivity contribution in [2.75, 3.05) is 33.2 Å². The van der Waals surface area contributed by atoms with Crippen LogP contribution >= 0.6 is 0 Å². The van der Waals surface area contributed by atoms with E-state index in [4.69, 9.17) is 0 Å². The second-order valence-corrected chi connectivity index (χ2v) is 7.37. The molecule has 1 aliphatic heterocycles.